The molecule has 3 nitrogen and oxygen atoms in total. The summed E-state index contributed by atoms with van der Waals surface area (Å²) in [6.07, 6.45) is -4.32. The molecule has 0 aliphatic carbocycles. The van der Waals surface area contributed by atoms with Gasteiger partial charge in [-0.1, -0.05) is 0 Å². The van der Waals surface area contributed by atoms with Gasteiger partial charge in [0.1, 0.15) is 10.6 Å². The number of anilines is 1. The van der Waals surface area contributed by atoms with Gasteiger partial charge in [0.05, 0.1) is 5.39 Å². The van der Waals surface area contributed by atoms with Crippen molar-refractivity contribution in [2.24, 2.45) is 0 Å². The first-order valence-corrected chi connectivity index (χ1v) is 7.29. The van der Waals surface area contributed by atoms with Crippen LogP contribution in [0.5, 0.6) is 0 Å². The minimum absolute atomic E-state index is 0.0983. The summed E-state index contributed by atoms with van der Waals surface area (Å²) in [6.45, 7) is 2.38. The summed E-state index contributed by atoms with van der Waals surface area (Å²) in [7, 11) is 0. The third-order valence-electron chi connectivity index (χ3n) is 2.67. The zero-order chi connectivity index (χ0) is 14.8. The Balaban J connectivity index is 1.96. The second-order valence-corrected chi connectivity index (χ2v) is 5.99. The van der Waals surface area contributed by atoms with Gasteiger partial charge in [-0.05, 0) is 37.4 Å². The summed E-state index contributed by atoms with van der Waals surface area (Å²) in [6, 6.07) is 1.94. The van der Waals surface area contributed by atoms with E-state index in [1.165, 1.54) is 11.3 Å². The number of halogens is 4. The highest BCUT2D eigenvalue weighted by Crippen LogP contribution is 2.29. The number of alkyl halides is 3. The molecule has 0 amide bonds. The molecule has 0 aliphatic rings. The van der Waals surface area contributed by atoms with Gasteiger partial charge in [-0.3, -0.25) is 0 Å². The van der Waals surface area contributed by atoms with Gasteiger partial charge >= 0.3 is 6.18 Å². The molecule has 0 bridgehead atoms. The molecular weight excluding hydrogens is 311 g/mol. The Morgan fingerprint density at radius 3 is 2.75 bits per heavy atom. The van der Waals surface area contributed by atoms with E-state index < -0.39 is 12.6 Å². The molecule has 0 atom stereocenters. The van der Waals surface area contributed by atoms with Crippen molar-refractivity contribution in [1.29, 1.82) is 0 Å². The summed E-state index contributed by atoms with van der Waals surface area (Å²) >= 11 is 7.33. The van der Waals surface area contributed by atoms with Crippen LogP contribution in [0.15, 0.2) is 6.07 Å². The highest BCUT2D eigenvalue weighted by Gasteiger charge is 2.25. The minimum Gasteiger partial charge on any atom is -0.369 e. The van der Waals surface area contributed by atoms with Crippen LogP contribution in [0.25, 0.3) is 10.2 Å². The molecule has 8 heteroatoms. The molecule has 2 rings (SSSR count). The first-order chi connectivity index (χ1) is 9.35. The number of unbranched alkanes of at least 4 members (excludes halogenated alkanes) is 1. The average Bonchev–Trinajstić information content (AvgIpc) is 2.67. The summed E-state index contributed by atoms with van der Waals surface area (Å²) < 4.78 is 36.0. The summed E-state index contributed by atoms with van der Waals surface area (Å²) in [5, 5.41) is 4.02. The van der Waals surface area contributed by atoms with Crippen molar-refractivity contribution in [3.8, 4) is 0 Å². The van der Waals surface area contributed by atoms with Crippen LogP contribution in [0, 0.1) is 6.92 Å². The fourth-order valence-corrected chi connectivity index (χ4v) is 2.91. The third kappa shape index (κ3) is 4.21. The molecule has 0 unspecified atom stereocenters. The first-order valence-electron chi connectivity index (χ1n) is 6.09. The first kappa shape index (κ1) is 15.3. The van der Waals surface area contributed by atoms with Crippen molar-refractivity contribution in [3.63, 3.8) is 0 Å². The molecular formula is C12H13ClF3N3S. The van der Waals surface area contributed by atoms with E-state index in [2.05, 4.69) is 15.3 Å². The van der Waals surface area contributed by atoms with Gasteiger partial charge in [0.2, 0.25) is 5.28 Å². The maximum absolute atomic E-state index is 12.0. The zero-order valence-corrected chi connectivity index (χ0v) is 12.3. The molecule has 0 saturated carbocycles. The number of fused-ring (bicyclic) bond motifs is 1. The smallest absolute Gasteiger partial charge is 0.369 e. The van der Waals surface area contributed by atoms with Gasteiger partial charge in [0.15, 0.2) is 0 Å². The average molecular weight is 324 g/mol. The Morgan fingerprint density at radius 1 is 1.30 bits per heavy atom. The highest BCUT2D eigenvalue weighted by molar-refractivity contribution is 7.18. The molecule has 2 aromatic rings. The van der Waals surface area contributed by atoms with Crippen LogP contribution in [0.3, 0.4) is 0 Å². The predicted molar refractivity (Wildman–Crippen MR) is 75.6 cm³/mol. The third-order valence-corrected chi connectivity index (χ3v) is 3.78. The van der Waals surface area contributed by atoms with Crippen molar-refractivity contribution < 1.29 is 13.2 Å². The van der Waals surface area contributed by atoms with E-state index in [4.69, 9.17) is 11.6 Å². The van der Waals surface area contributed by atoms with Gasteiger partial charge in [-0.2, -0.15) is 13.2 Å². The van der Waals surface area contributed by atoms with Crippen LogP contribution in [-0.2, 0) is 0 Å². The fourth-order valence-electron chi connectivity index (χ4n) is 1.81. The van der Waals surface area contributed by atoms with Crippen LogP contribution in [-0.4, -0.2) is 22.7 Å². The Bertz CT molecular complexity index is 597. The second kappa shape index (κ2) is 6.13. The Kier molecular flexibility index (Phi) is 4.70. The zero-order valence-electron chi connectivity index (χ0n) is 10.7. The lowest BCUT2D eigenvalue weighted by Gasteiger charge is -2.08. The van der Waals surface area contributed by atoms with Gasteiger partial charge in [0.25, 0.3) is 0 Å². The lowest BCUT2D eigenvalue weighted by atomic mass is 10.2. The Morgan fingerprint density at radius 2 is 2.05 bits per heavy atom. The van der Waals surface area contributed by atoms with E-state index in [-0.39, 0.29) is 11.7 Å². The maximum atomic E-state index is 12.0. The molecule has 110 valence electrons. The van der Waals surface area contributed by atoms with E-state index >= 15 is 0 Å². The number of hydrogen-bond donors (Lipinski definition) is 1. The van der Waals surface area contributed by atoms with Crippen LogP contribution in [0.2, 0.25) is 5.28 Å². The second-order valence-electron chi connectivity index (χ2n) is 4.42. The number of hydrogen-bond acceptors (Lipinski definition) is 4. The number of thiophene rings is 1. The van der Waals surface area contributed by atoms with Crippen molar-refractivity contribution in [2.45, 2.75) is 32.4 Å². The van der Waals surface area contributed by atoms with E-state index in [0.717, 1.165) is 15.1 Å². The number of nitrogens with one attached hydrogen (secondary N) is 1. The van der Waals surface area contributed by atoms with E-state index in [0.29, 0.717) is 18.8 Å². The molecule has 2 heterocycles. The highest BCUT2D eigenvalue weighted by atomic mass is 35.5. The van der Waals surface area contributed by atoms with Gasteiger partial charge in [-0.15, -0.1) is 11.3 Å². The molecule has 0 spiro atoms. The monoisotopic (exact) mass is 323 g/mol. The van der Waals surface area contributed by atoms with Gasteiger partial charge in [-0.25, -0.2) is 9.97 Å². The molecule has 20 heavy (non-hydrogen) atoms. The van der Waals surface area contributed by atoms with Crippen LogP contribution in [0.1, 0.15) is 24.1 Å². The Hall–Kier alpha value is -1.08. The number of aromatic nitrogens is 2. The van der Waals surface area contributed by atoms with E-state index in [1.807, 2.05) is 13.0 Å². The van der Waals surface area contributed by atoms with Crippen LogP contribution in [0.4, 0.5) is 19.0 Å². The van der Waals surface area contributed by atoms with Crippen LogP contribution >= 0.6 is 22.9 Å². The van der Waals surface area contributed by atoms with Gasteiger partial charge in [0, 0.05) is 17.8 Å². The maximum Gasteiger partial charge on any atom is 0.389 e. The lowest BCUT2D eigenvalue weighted by Crippen LogP contribution is -2.09. The summed E-state index contributed by atoms with van der Waals surface area (Å²) in [4.78, 5) is 10.1. The number of nitrogens with zero attached hydrogens (tertiary/aromatic N) is 2. The van der Waals surface area contributed by atoms with Crippen molar-refractivity contribution in [1.82, 2.24) is 9.97 Å². The SMILES string of the molecule is Cc1cc2c(NCCCCC(F)(F)F)nc(Cl)nc2s1. The van der Waals surface area contributed by atoms with Crippen LogP contribution < -0.4 is 5.32 Å². The standard InChI is InChI=1S/C12H13ClF3N3S/c1-7-6-8-9(18-11(13)19-10(8)20-7)17-5-3-2-4-12(14,15)16/h6H,2-5H2,1H3,(H,17,18,19). The number of aryl methyl sites for hydroxylation is 1. The molecule has 0 saturated heterocycles. The normalized spacial score (nSPS) is 12.1. The fraction of sp³-hybridized carbons (Fsp3) is 0.500. The summed E-state index contributed by atoms with van der Waals surface area (Å²) in [5.74, 6) is 0.580. The molecule has 2 aromatic heterocycles. The number of rotatable bonds is 5. The molecule has 0 radical (unpaired) electrons. The van der Waals surface area contributed by atoms with Crippen molar-refractivity contribution >= 4 is 39.0 Å². The quantitative estimate of drug-likeness (QED) is 0.634. The summed E-state index contributed by atoms with van der Waals surface area (Å²) in [5.41, 5.74) is 0. The van der Waals surface area contributed by atoms with E-state index in [9.17, 15) is 13.2 Å². The Labute approximate surface area is 123 Å². The van der Waals surface area contributed by atoms with Crippen molar-refractivity contribution in [3.05, 3.63) is 16.2 Å². The predicted octanol–water partition coefficient (Wildman–Crippen LogP) is 4.80. The molecule has 0 aliphatic heterocycles. The lowest BCUT2D eigenvalue weighted by molar-refractivity contribution is -0.135. The molecule has 0 fully saturated rings. The molecule has 1 N–H and O–H groups in total. The van der Waals surface area contributed by atoms with Crippen molar-refractivity contribution in [2.75, 3.05) is 11.9 Å². The largest absolute Gasteiger partial charge is 0.389 e. The minimum atomic E-state index is -4.09. The molecule has 0 aromatic carbocycles. The van der Waals surface area contributed by atoms with Gasteiger partial charge < -0.3 is 5.32 Å². The topological polar surface area (TPSA) is 37.8 Å². The van der Waals surface area contributed by atoms with E-state index in [1.54, 1.807) is 0 Å².